The molecule has 1 atom stereocenters. The Labute approximate surface area is 185 Å². The zero-order valence-corrected chi connectivity index (χ0v) is 17.5. The number of nitrogens with one attached hydrogen (secondary N) is 3. The van der Waals surface area contributed by atoms with Crippen LogP contribution in [0.3, 0.4) is 0 Å². The molecule has 3 N–H and O–H groups in total. The van der Waals surface area contributed by atoms with E-state index in [0.29, 0.717) is 30.4 Å². The lowest BCUT2D eigenvalue weighted by molar-refractivity contribution is 0.0894. The number of carbonyl (C=O) groups excluding carboxylic acids is 1. The highest BCUT2D eigenvalue weighted by molar-refractivity contribution is 5.95. The van der Waals surface area contributed by atoms with Crippen LogP contribution in [0.15, 0.2) is 73.2 Å². The van der Waals surface area contributed by atoms with Gasteiger partial charge in [-0.25, -0.2) is 0 Å². The predicted octanol–water partition coefficient (Wildman–Crippen LogP) is 2.99. The number of H-pyrrole nitrogens is 1. The Morgan fingerprint density at radius 1 is 1.06 bits per heavy atom. The smallest absolute Gasteiger partial charge is 0.251 e. The van der Waals surface area contributed by atoms with Crippen LogP contribution in [0, 0.1) is 0 Å². The van der Waals surface area contributed by atoms with Crippen molar-refractivity contribution in [2.45, 2.75) is 12.6 Å². The SMILES string of the molecule is COC[C@H](NC(=O)c1cccc(NCc2nnc(-c3ccncc3)[nH]2)c1)c1ccccn1. The van der Waals surface area contributed by atoms with Crippen LogP contribution in [0.4, 0.5) is 5.69 Å². The third kappa shape index (κ3) is 5.32. The summed E-state index contributed by atoms with van der Waals surface area (Å²) in [6, 6.07) is 16.2. The highest BCUT2D eigenvalue weighted by atomic mass is 16.5. The molecule has 1 aromatic carbocycles. The number of methoxy groups -OCH3 is 1. The lowest BCUT2D eigenvalue weighted by atomic mass is 10.1. The third-order valence-electron chi connectivity index (χ3n) is 4.76. The van der Waals surface area contributed by atoms with Gasteiger partial charge in [-0.2, -0.15) is 0 Å². The Bertz CT molecular complexity index is 1150. The molecule has 0 bridgehead atoms. The van der Waals surface area contributed by atoms with Crippen LogP contribution in [0.2, 0.25) is 0 Å². The minimum Gasteiger partial charge on any atom is -0.382 e. The van der Waals surface area contributed by atoms with Gasteiger partial charge in [0.05, 0.1) is 24.9 Å². The van der Waals surface area contributed by atoms with Crippen molar-refractivity contribution in [2.75, 3.05) is 19.0 Å². The molecule has 0 saturated heterocycles. The molecule has 0 unspecified atom stereocenters. The third-order valence-corrected chi connectivity index (χ3v) is 4.76. The predicted molar refractivity (Wildman–Crippen MR) is 120 cm³/mol. The summed E-state index contributed by atoms with van der Waals surface area (Å²) in [4.78, 5) is 24.3. The first-order chi connectivity index (χ1) is 15.7. The minimum absolute atomic E-state index is 0.207. The van der Waals surface area contributed by atoms with Gasteiger partial charge in [-0.3, -0.25) is 14.8 Å². The Morgan fingerprint density at radius 2 is 1.94 bits per heavy atom. The molecule has 4 aromatic rings. The van der Waals surface area contributed by atoms with Crippen molar-refractivity contribution in [3.8, 4) is 11.4 Å². The second kappa shape index (κ2) is 10.3. The highest BCUT2D eigenvalue weighted by Gasteiger charge is 2.17. The monoisotopic (exact) mass is 429 g/mol. The van der Waals surface area contributed by atoms with Crippen molar-refractivity contribution in [1.29, 1.82) is 0 Å². The van der Waals surface area contributed by atoms with Crippen LogP contribution >= 0.6 is 0 Å². The molecule has 0 aliphatic rings. The van der Waals surface area contributed by atoms with E-state index in [1.807, 2.05) is 42.5 Å². The maximum Gasteiger partial charge on any atom is 0.251 e. The summed E-state index contributed by atoms with van der Waals surface area (Å²) in [6.45, 7) is 0.759. The molecule has 3 aromatic heterocycles. The van der Waals surface area contributed by atoms with Gasteiger partial charge in [0.1, 0.15) is 5.82 Å². The molecule has 9 nitrogen and oxygen atoms in total. The standard InChI is InChI=1S/C23H23N7O2/c1-32-15-20(19-7-2-3-10-25-19)27-23(31)17-5-4-6-18(13-17)26-14-21-28-22(30-29-21)16-8-11-24-12-9-16/h2-13,20,26H,14-15H2,1H3,(H,27,31)(H,28,29,30)/t20-/m0/s1. The summed E-state index contributed by atoms with van der Waals surface area (Å²) in [6.07, 6.45) is 5.10. The number of anilines is 1. The van der Waals surface area contributed by atoms with Crippen molar-refractivity contribution in [3.05, 3.63) is 90.3 Å². The van der Waals surface area contributed by atoms with Gasteiger partial charge in [0.2, 0.25) is 0 Å². The van der Waals surface area contributed by atoms with Crippen LogP contribution in [-0.2, 0) is 11.3 Å². The maximum absolute atomic E-state index is 12.8. The van der Waals surface area contributed by atoms with E-state index in [1.165, 1.54) is 0 Å². The fourth-order valence-electron chi connectivity index (χ4n) is 3.16. The highest BCUT2D eigenvalue weighted by Crippen LogP contribution is 2.16. The molecule has 0 fully saturated rings. The fourth-order valence-corrected chi connectivity index (χ4v) is 3.16. The molecule has 1 amide bonds. The molecule has 162 valence electrons. The van der Waals surface area contributed by atoms with E-state index in [4.69, 9.17) is 4.74 Å². The van der Waals surface area contributed by atoms with Gasteiger partial charge >= 0.3 is 0 Å². The quantitative estimate of drug-likeness (QED) is 0.374. The van der Waals surface area contributed by atoms with E-state index < -0.39 is 0 Å². The first kappa shape index (κ1) is 21.1. The van der Waals surface area contributed by atoms with Gasteiger partial charge in [-0.15, -0.1) is 10.2 Å². The molecule has 32 heavy (non-hydrogen) atoms. The first-order valence-corrected chi connectivity index (χ1v) is 10.1. The normalized spacial score (nSPS) is 11.7. The number of aromatic nitrogens is 5. The molecule has 0 aliphatic heterocycles. The largest absolute Gasteiger partial charge is 0.382 e. The minimum atomic E-state index is -0.342. The molecular formula is C23H23N7O2. The summed E-state index contributed by atoms with van der Waals surface area (Å²) in [5.74, 6) is 1.15. The van der Waals surface area contributed by atoms with Gasteiger partial charge in [0, 0.05) is 42.5 Å². The van der Waals surface area contributed by atoms with E-state index in [1.54, 1.807) is 37.8 Å². The van der Waals surface area contributed by atoms with E-state index in [0.717, 1.165) is 16.9 Å². The topological polar surface area (TPSA) is 118 Å². The Balaban J connectivity index is 1.40. The van der Waals surface area contributed by atoms with Crippen molar-refractivity contribution < 1.29 is 9.53 Å². The number of rotatable bonds is 9. The average Bonchev–Trinajstić information content (AvgIpc) is 3.33. The number of pyridine rings is 2. The number of nitrogens with zero attached hydrogens (tertiary/aromatic N) is 4. The molecule has 4 rings (SSSR count). The molecule has 3 heterocycles. The van der Waals surface area contributed by atoms with Crippen molar-refractivity contribution in [2.24, 2.45) is 0 Å². The number of hydrogen-bond donors (Lipinski definition) is 3. The van der Waals surface area contributed by atoms with E-state index in [9.17, 15) is 4.79 Å². The molecular weight excluding hydrogens is 406 g/mol. The maximum atomic E-state index is 12.8. The summed E-state index contributed by atoms with van der Waals surface area (Å²) in [5.41, 5.74) is 2.98. The molecule has 0 saturated carbocycles. The molecule has 0 radical (unpaired) electrons. The lowest BCUT2D eigenvalue weighted by Crippen LogP contribution is -2.31. The molecule has 0 spiro atoms. The van der Waals surface area contributed by atoms with Gasteiger partial charge in [0.25, 0.3) is 5.91 Å². The van der Waals surface area contributed by atoms with Crippen molar-refractivity contribution in [1.82, 2.24) is 30.5 Å². The Morgan fingerprint density at radius 3 is 2.72 bits per heavy atom. The van der Waals surface area contributed by atoms with Crippen LogP contribution in [0.1, 0.15) is 27.9 Å². The number of carbonyl (C=O) groups is 1. The van der Waals surface area contributed by atoms with Crippen molar-refractivity contribution in [3.63, 3.8) is 0 Å². The number of ether oxygens (including phenoxy) is 1. The summed E-state index contributed by atoms with van der Waals surface area (Å²) >= 11 is 0. The van der Waals surface area contributed by atoms with E-state index in [2.05, 4.69) is 35.8 Å². The number of aromatic amines is 1. The fraction of sp³-hybridized carbons (Fsp3) is 0.174. The van der Waals surface area contributed by atoms with Gasteiger partial charge < -0.3 is 20.4 Å². The summed E-state index contributed by atoms with van der Waals surface area (Å²) in [5, 5.41) is 14.6. The number of benzene rings is 1. The number of amides is 1. The van der Waals surface area contributed by atoms with Gasteiger partial charge in [-0.1, -0.05) is 12.1 Å². The first-order valence-electron chi connectivity index (χ1n) is 10.1. The van der Waals surface area contributed by atoms with Gasteiger partial charge in [0.15, 0.2) is 5.82 Å². The number of hydrogen-bond acceptors (Lipinski definition) is 7. The second-order valence-electron chi connectivity index (χ2n) is 7.03. The van der Waals surface area contributed by atoms with Crippen LogP contribution in [0.25, 0.3) is 11.4 Å². The van der Waals surface area contributed by atoms with Crippen LogP contribution < -0.4 is 10.6 Å². The average molecular weight is 429 g/mol. The van der Waals surface area contributed by atoms with E-state index in [-0.39, 0.29) is 11.9 Å². The van der Waals surface area contributed by atoms with Crippen LogP contribution in [0.5, 0.6) is 0 Å². The zero-order chi connectivity index (χ0) is 22.2. The van der Waals surface area contributed by atoms with Gasteiger partial charge in [-0.05, 0) is 42.5 Å². The van der Waals surface area contributed by atoms with Crippen LogP contribution in [-0.4, -0.2) is 44.8 Å². The van der Waals surface area contributed by atoms with E-state index >= 15 is 0 Å². The Hall–Kier alpha value is -4.11. The summed E-state index contributed by atoms with van der Waals surface area (Å²) in [7, 11) is 1.59. The second-order valence-corrected chi connectivity index (χ2v) is 7.03. The molecule has 0 aliphatic carbocycles. The zero-order valence-electron chi connectivity index (χ0n) is 17.5. The summed E-state index contributed by atoms with van der Waals surface area (Å²) < 4.78 is 5.25. The van der Waals surface area contributed by atoms with Crippen molar-refractivity contribution >= 4 is 11.6 Å². The molecule has 9 heteroatoms. The Kier molecular flexibility index (Phi) is 6.78. The lowest BCUT2D eigenvalue weighted by Gasteiger charge is -2.17.